The minimum atomic E-state index is -0.345. The predicted octanol–water partition coefficient (Wildman–Crippen LogP) is 4.15. The van der Waals surface area contributed by atoms with E-state index in [1.54, 1.807) is 21.3 Å². The van der Waals surface area contributed by atoms with Gasteiger partial charge in [-0.05, 0) is 37.7 Å². The fourth-order valence-electron chi connectivity index (χ4n) is 3.87. The van der Waals surface area contributed by atoms with E-state index < -0.39 is 0 Å². The van der Waals surface area contributed by atoms with Crippen LogP contribution in [0.25, 0.3) is 0 Å². The first-order chi connectivity index (χ1) is 13.4. The van der Waals surface area contributed by atoms with Crippen LogP contribution in [0, 0.1) is 11.8 Å². The van der Waals surface area contributed by atoms with Gasteiger partial charge >= 0.3 is 0 Å². The summed E-state index contributed by atoms with van der Waals surface area (Å²) in [6.45, 7) is 9.04. The molecule has 0 bridgehead atoms. The van der Waals surface area contributed by atoms with Crippen molar-refractivity contribution >= 4 is 0 Å². The normalized spacial score (nSPS) is 28.3. The average molecular weight is 399 g/mol. The minimum Gasteiger partial charge on any atom is -0.393 e. The van der Waals surface area contributed by atoms with Gasteiger partial charge in [0.25, 0.3) is 0 Å². The van der Waals surface area contributed by atoms with Crippen LogP contribution in [-0.2, 0) is 18.9 Å². The number of hydrogen-bond acceptors (Lipinski definition) is 5. The zero-order valence-corrected chi connectivity index (χ0v) is 18.9. The van der Waals surface area contributed by atoms with Gasteiger partial charge in [0.2, 0.25) is 0 Å². The monoisotopic (exact) mass is 398 g/mol. The van der Waals surface area contributed by atoms with Crippen molar-refractivity contribution in [1.82, 2.24) is 0 Å². The van der Waals surface area contributed by atoms with Crippen molar-refractivity contribution in [1.29, 1.82) is 0 Å². The molecule has 1 fully saturated rings. The molecule has 5 nitrogen and oxygen atoms in total. The maximum atomic E-state index is 10.5. The first-order valence-corrected chi connectivity index (χ1v) is 10.6. The second kappa shape index (κ2) is 13.5. The second-order valence-corrected chi connectivity index (χ2v) is 8.08. The summed E-state index contributed by atoms with van der Waals surface area (Å²) in [7, 11) is 5.19. The summed E-state index contributed by atoms with van der Waals surface area (Å²) in [4.78, 5) is 0. The first kappa shape index (κ1) is 25.3. The number of ether oxygens (including phenoxy) is 4. The van der Waals surface area contributed by atoms with Gasteiger partial charge < -0.3 is 24.1 Å². The lowest BCUT2D eigenvalue weighted by Crippen LogP contribution is -2.43. The van der Waals surface area contributed by atoms with Crippen LogP contribution in [-0.4, -0.2) is 63.6 Å². The molecule has 1 heterocycles. The lowest BCUT2D eigenvalue weighted by Gasteiger charge is -2.35. The van der Waals surface area contributed by atoms with E-state index in [1.807, 2.05) is 6.08 Å². The largest absolute Gasteiger partial charge is 0.393 e. The Balaban J connectivity index is 2.52. The predicted molar refractivity (Wildman–Crippen MR) is 114 cm³/mol. The van der Waals surface area contributed by atoms with Gasteiger partial charge in [0, 0.05) is 33.7 Å². The van der Waals surface area contributed by atoms with Crippen LogP contribution in [0.2, 0.25) is 0 Å². The molecule has 1 aliphatic rings. The van der Waals surface area contributed by atoms with Gasteiger partial charge in [-0.25, -0.2) is 0 Å². The molecule has 0 aliphatic carbocycles. The van der Waals surface area contributed by atoms with Crippen LogP contribution in [0.1, 0.15) is 53.4 Å². The van der Waals surface area contributed by atoms with E-state index in [0.717, 1.165) is 31.3 Å². The molecule has 1 N–H and O–H groups in total. The molecule has 0 saturated carbocycles. The SMILES string of the molecule is CC[C@H](OC)[C@@H](C)CC[C@H](O)[C@@H](C)/C=C/C=C(\C)[C@@H]1OC[C@H](OC)C[C@@H]1OC. The van der Waals surface area contributed by atoms with Crippen LogP contribution in [0.3, 0.4) is 0 Å². The Hall–Kier alpha value is -0.720. The number of aliphatic hydroxyl groups is 1. The molecule has 1 saturated heterocycles. The number of allylic oxidation sites excluding steroid dienone is 2. The van der Waals surface area contributed by atoms with Gasteiger partial charge in [0.1, 0.15) is 6.10 Å². The number of aliphatic hydroxyl groups excluding tert-OH is 1. The molecule has 0 amide bonds. The number of rotatable bonds is 12. The van der Waals surface area contributed by atoms with E-state index in [2.05, 4.69) is 39.8 Å². The summed E-state index contributed by atoms with van der Waals surface area (Å²) in [6.07, 6.45) is 9.70. The van der Waals surface area contributed by atoms with Gasteiger partial charge in [0.15, 0.2) is 0 Å². The van der Waals surface area contributed by atoms with Gasteiger partial charge in [-0.15, -0.1) is 0 Å². The van der Waals surface area contributed by atoms with E-state index in [0.29, 0.717) is 12.5 Å². The molecule has 0 unspecified atom stereocenters. The van der Waals surface area contributed by atoms with Crippen LogP contribution in [0.5, 0.6) is 0 Å². The summed E-state index contributed by atoms with van der Waals surface area (Å²) in [5.41, 5.74) is 1.12. The standard InChI is InChI=1S/C23H42O5/c1-8-21(26-6)17(3)12-13-20(24)16(2)10-9-11-18(4)23-22(27-7)14-19(25-5)15-28-23/h9-11,16-17,19-24H,8,12-15H2,1-7H3/b10-9+,18-11+/t16-,17-,19+,20-,21-,22-,23-/m0/s1. The molecule has 7 atom stereocenters. The van der Waals surface area contributed by atoms with Crippen molar-refractivity contribution in [3.8, 4) is 0 Å². The third-order valence-electron chi connectivity index (χ3n) is 6.02. The lowest BCUT2D eigenvalue weighted by molar-refractivity contribution is -0.129. The van der Waals surface area contributed by atoms with Gasteiger partial charge in [-0.3, -0.25) is 0 Å². The smallest absolute Gasteiger partial charge is 0.105 e. The number of hydrogen-bond donors (Lipinski definition) is 1. The van der Waals surface area contributed by atoms with Crippen molar-refractivity contribution in [2.75, 3.05) is 27.9 Å². The summed E-state index contributed by atoms with van der Waals surface area (Å²) in [5, 5.41) is 10.5. The van der Waals surface area contributed by atoms with Gasteiger partial charge in [0.05, 0.1) is 31.0 Å². The third kappa shape index (κ3) is 7.96. The van der Waals surface area contributed by atoms with Crippen molar-refractivity contribution in [3.05, 3.63) is 23.8 Å². The Morgan fingerprint density at radius 3 is 2.46 bits per heavy atom. The van der Waals surface area contributed by atoms with Crippen molar-refractivity contribution in [2.45, 2.75) is 83.9 Å². The van der Waals surface area contributed by atoms with Gasteiger partial charge in [-0.1, -0.05) is 39.0 Å². The maximum Gasteiger partial charge on any atom is 0.105 e. The fraction of sp³-hybridized carbons (Fsp3) is 0.826. The average Bonchev–Trinajstić information content (AvgIpc) is 2.71. The molecular formula is C23H42O5. The zero-order valence-electron chi connectivity index (χ0n) is 18.9. The summed E-state index contributed by atoms with van der Waals surface area (Å²) >= 11 is 0. The van der Waals surface area contributed by atoms with E-state index in [4.69, 9.17) is 18.9 Å². The highest BCUT2D eigenvalue weighted by Gasteiger charge is 2.32. The molecule has 0 aromatic heterocycles. The van der Waals surface area contributed by atoms with Crippen molar-refractivity contribution in [2.24, 2.45) is 11.8 Å². The number of methoxy groups -OCH3 is 3. The highest BCUT2D eigenvalue weighted by atomic mass is 16.6. The molecule has 5 heteroatoms. The molecule has 164 valence electrons. The molecule has 28 heavy (non-hydrogen) atoms. The molecular weight excluding hydrogens is 356 g/mol. The summed E-state index contributed by atoms with van der Waals surface area (Å²) in [5.74, 6) is 0.551. The lowest BCUT2D eigenvalue weighted by atomic mass is 9.91. The molecule has 0 radical (unpaired) electrons. The fourth-order valence-corrected chi connectivity index (χ4v) is 3.87. The summed E-state index contributed by atoms with van der Waals surface area (Å²) < 4.78 is 22.4. The van der Waals surface area contributed by atoms with Crippen LogP contribution in [0.4, 0.5) is 0 Å². The van der Waals surface area contributed by atoms with E-state index in [-0.39, 0.29) is 36.4 Å². The molecule has 1 rings (SSSR count). The third-order valence-corrected chi connectivity index (χ3v) is 6.02. The molecule has 1 aliphatic heterocycles. The zero-order chi connectivity index (χ0) is 21.1. The summed E-state index contributed by atoms with van der Waals surface area (Å²) in [6, 6.07) is 0. The van der Waals surface area contributed by atoms with E-state index >= 15 is 0 Å². The van der Waals surface area contributed by atoms with E-state index in [1.165, 1.54) is 0 Å². The Morgan fingerprint density at radius 1 is 1.18 bits per heavy atom. The molecule has 0 aromatic rings. The molecule has 0 aromatic carbocycles. The molecule has 0 spiro atoms. The minimum absolute atomic E-state index is 0.000136. The Kier molecular flexibility index (Phi) is 12.2. The Bertz CT molecular complexity index is 472. The van der Waals surface area contributed by atoms with Crippen molar-refractivity contribution < 1.29 is 24.1 Å². The van der Waals surface area contributed by atoms with Gasteiger partial charge in [-0.2, -0.15) is 0 Å². The topological polar surface area (TPSA) is 57.2 Å². The van der Waals surface area contributed by atoms with Crippen LogP contribution < -0.4 is 0 Å². The maximum absolute atomic E-state index is 10.5. The highest BCUT2D eigenvalue weighted by molar-refractivity contribution is 5.17. The van der Waals surface area contributed by atoms with Crippen molar-refractivity contribution in [3.63, 3.8) is 0 Å². The first-order valence-electron chi connectivity index (χ1n) is 10.6. The second-order valence-electron chi connectivity index (χ2n) is 8.08. The Morgan fingerprint density at radius 2 is 1.89 bits per heavy atom. The quantitative estimate of drug-likeness (QED) is 0.501. The van der Waals surface area contributed by atoms with Crippen LogP contribution >= 0.6 is 0 Å². The van der Waals surface area contributed by atoms with Crippen LogP contribution in [0.15, 0.2) is 23.8 Å². The highest BCUT2D eigenvalue weighted by Crippen LogP contribution is 2.25. The van der Waals surface area contributed by atoms with E-state index in [9.17, 15) is 5.11 Å². The Labute approximate surface area is 172 Å².